The van der Waals surface area contributed by atoms with Gasteiger partial charge >= 0.3 is 0 Å². The van der Waals surface area contributed by atoms with Crippen molar-refractivity contribution >= 4 is 52.5 Å². The van der Waals surface area contributed by atoms with Crippen LogP contribution in [-0.4, -0.2) is 10.5 Å². The van der Waals surface area contributed by atoms with E-state index in [4.69, 9.17) is 39.5 Å². The number of nitriles is 1. The van der Waals surface area contributed by atoms with Gasteiger partial charge in [-0.3, -0.25) is 4.79 Å². The molecule has 5 nitrogen and oxygen atoms in total. The van der Waals surface area contributed by atoms with Crippen molar-refractivity contribution in [1.82, 2.24) is 4.57 Å². The minimum absolute atomic E-state index is 0.000178. The molecule has 0 saturated carbocycles. The number of halogens is 3. The van der Waals surface area contributed by atoms with Crippen LogP contribution in [0.1, 0.15) is 22.5 Å². The van der Waals surface area contributed by atoms with Gasteiger partial charge in [0.2, 0.25) is 0 Å². The number of amides is 1. The summed E-state index contributed by atoms with van der Waals surface area (Å²) in [5.41, 5.74) is 4.96. The molecule has 0 aliphatic rings. The van der Waals surface area contributed by atoms with E-state index in [0.717, 1.165) is 28.2 Å². The first-order valence-corrected chi connectivity index (χ1v) is 12.4. The first-order chi connectivity index (χ1) is 17.7. The molecule has 0 spiro atoms. The largest absolute Gasteiger partial charge is 0.489 e. The number of hydrogen-bond acceptors (Lipinski definition) is 3. The average molecular weight is 551 g/mol. The van der Waals surface area contributed by atoms with Crippen LogP contribution >= 0.6 is 34.8 Å². The molecule has 4 rings (SSSR count). The molecule has 4 aromatic rings. The highest BCUT2D eigenvalue weighted by atomic mass is 35.5. The summed E-state index contributed by atoms with van der Waals surface area (Å²) in [6, 6.07) is 23.6. The van der Waals surface area contributed by atoms with Gasteiger partial charge in [-0.1, -0.05) is 40.9 Å². The topological polar surface area (TPSA) is 67.0 Å². The SMILES string of the molecule is Cc1cc(/C=C(/C#N)C(=O)Nc2ccc(Cl)cc2)c(C)n1-c1ccc(OCc2ccc(Cl)cc2Cl)cc1. The summed E-state index contributed by atoms with van der Waals surface area (Å²) < 4.78 is 7.94. The van der Waals surface area contributed by atoms with Crippen LogP contribution in [-0.2, 0) is 11.4 Å². The Bertz CT molecular complexity index is 1520. The van der Waals surface area contributed by atoms with Crippen molar-refractivity contribution in [3.05, 3.63) is 116 Å². The minimum Gasteiger partial charge on any atom is -0.489 e. The van der Waals surface area contributed by atoms with E-state index in [0.29, 0.717) is 33.1 Å². The average Bonchev–Trinajstić information content (AvgIpc) is 3.16. The second-order valence-electron chi connectivity index (χ2n) is 8.31. The van der Waals surface area contributed by atoms with Crippen molar-refractivity contribution in [3.8, 4) is 17.5 Å². The number of aromatic nitrogens is 1. The molecule has 1 heterocycles. The maximum Gasteiger partial charge on any atom is 0.266 e. The van der Waals surface area contributed by atoms with Crippen LogP contribution in [0.4, 0.5) is 5.69 Å². The number of nitrogens with zero attached hydrogens (tertiary/aromatic N) is 2. The van der Waals surface area contributed by atoms with E-state index >= 15 is 0 Å². The summed E-state index contributed by atoms with van der Waals surface area (Å²) in [5.74, 6) is 0.208. The van der Waals surface area contributed by atoms with Crippen LogP contribution in [0.25, 0.3) is 11.8 Å². The first kappa shape index (κ1) is 26.4. The lowest BCUT2D eigenvalue weighted by Gasteiger charge is -2.12. The summed E-state index contributed by atoms with van der Waals surface area (Å²) in [5, 5.41) is 14.0. The minimum atomic E-state index is -0.489. The molecule has 37 heavy (non-hydrogen) atoms. The third-order valence-electron chi connectivity index (χ3n) is 5.74. The molecule has 0 radical (unpaired) electrons. The number of ether oxygens (including phenoxy) is 1. The van der Waals surface area contributed by atoms with Gasteiger partial charge in [0.1, 0.15) is 24.0 Å². The number of hydrogen-bond donors (Lipinski definition) is 1. The van der Waals surface area contributed by atoms with Gasteiger partial charge in [-0.05, 0) is 92.2 Å². The fourth-order valence-electron chi connectivity index (χ4n) is 3.86. The normalized spacial score (nSPS) is 11.2. The summed E-state index contributed by atoms with van der Waals surface area (Å²) >= 11 is 18.1. The molecule has 0 aliphatic carbocycles. The summed E-state index contributed by atoms with van der Waals surface area (Å²) in [7, 11) is 0. The lowest BCUT2D eigenvalue weighted by Crippen LogP contribution is -2.13. The molecule has 186 valence electrons. The van der Waals surface area contributed by atoms with Gasteiger partial charge in [0, 0.05) is 43.4 Å². The van der Waals surface area contributed by atoms with Gasteiger partial charge in [0.15, 0.2) is 0 Å². The van der Waals surface area contributed by atoms with Crippen molar-refractivity contribution < 1.29 is 9.53 Å². The van der Waals surface area contributed by atoms with Crippen molar-refractivity contribution in [3.63, 3.8) is 0 Å². The summed E-state index contributed by atoms with van der Waals surface area (Å²) in [6.07, 6.45) is 1.59. The predicted octanol–water partition coefficient (Wildman–Crippen LogP) is 8.18. The van der Waals surface area contributed by atoms with E-state index in [1.807, 2.05) is 56.3 Å². The Kier molecular flexibility index (Phi) is 8.25. The number of benzene rings is 3. The molecule has 0 atom stereocenters. The maximum absolute atomic E-state index is 12.7. The third kappa shape index (κ3) is 6.36. The molecular weight excluding hydrogens is 529 g/mol. The zero-order valence-corrected chi connectivity index (χ0v) is 22.3. The van der Waals surface area contributed by atoms with Crippen LogP contribution < -0.4 is 10.1 Å². The Labute approximate surface area is 230 Å². The van der Waals surface area contributed by atoms with Gasteiger partial charge in [-0.2, -0.15) is 5.26 Å². The molecule has 3 aromatic carbocycles. The van der Waals surface area contributed by atoms with E-state index in [1.54, 1.807) is 42.5 Å². The Hall–Kier alpha value is -3.69. The zero-order chi connectivity index (χ0) is 26.5. The molecule has 0 bridgehead atoms. The number of nitrogens with one attached hydrogen (secondary N) is 1. The zero-order valence-electron chi connectivity index (χ0n) is 20.1. The lowest BCUT2D eigenvalue weighted by atomic mass is 10.1. The Balaban J connectivity index is 1.51. The van der Waals surface area contributed by atoms with E-state index in [9.17, 15) is 10.1 Å². The number of anilines is 1. The smallest absolute Gasteiger partial charge is 0.266 e. The molecule has 1 N–H and O–H groups in total. The second kappa shape index (κ2) is 11.6. The van der Waals surface area contributed by atoms with Crippen LogP contribution in [0.5, 0.6) is 5.75 Å². The first-order valence-electron chi connectivity index (χ1n) is 11.3. The van der Waals surface area contributed by atoms with Crippen molar-refractivity contribution in [1.29, 1.82) is 5.26 Å². The second-order valence-corrected chi connectivity index (χ2v) is 9.59. The Morgan fingerprint density at radius 3 is 2.30 bits per heavy atom. The summed E-state index contributed by atoms with van der Waals surface area (Å²) in [4.78, 5) is 12.7. The highest BCUT2D eigenvalue weighted by Crippen LogP contribution is 2.26. The van der Waals surface area contributed by atoms with E-state index in [2.05, 4.69) is 9.88 Å². The van der Waals surface area contributed by atoms with Crippen molar-refractivity contribution in [2.45, 2.75) is 20.5 Å². The Morgan fingerprint density at radius 2 is 1.65 bits per heavy atom. The quantitative estimate of drug-likeness (QED) is 0.186. The predicted molar refractivity (Wildman–Crippen MR) is 150 cm³/mol. The number of carbonyl (C=O) groups is 1. The lowest BCUT2D eigenvalue weighted by molar-refractivity contribution is -0.112. The molecule has 0 aliphatic heterocycles. The molecule has 8 heteroatoms. The summed E-state index contributed by atoms with van der Waals surface area (Å²) in [6.45, 7) is 4.23. The van der Waals surface area contributed by atoms with Gasteiger partial charge in [0.25, 0.3) is 5.91 Å². The highest BCUT2D eigenvalue weighted by Gasteiger charge is 2.14. The molecule has 0 unspecified atom stereocenters. The van der Waals surface area contributed by atoms with Crippen LogP contribution in [0.2, 0.25) is 15.1 Å². The molecule has 0 fully saturated rings. The fourth-order valence-corrected chi connectivity index (χ4v) is 4.45. The van der Waals surface area contributed by atoms with Gasteiger partial charge in [-0.15, -0.1) is 0 Å². The molecule has 1 aromatic heterocycles. The van der Waals surface area contributed by atoms with Gasteiger partial charge in [-0.25, -0.2) is 0 Å². The maximum atomic E-state index is 12.7. The van der Waals surface area contributed by atoms with Crippen molar-refractivity contribution in [2.75, 3.05) is 5.32 Å². The standard InChI is InChI=1S/C29H22Cl3N3O2/c1-18-13-21(14-22(16-33)29(36)34-25-7-5-23(30)6-8-25)19(2)35(18)26-9-11-27(12-10-26)37-17-20-3-4-24(31)15-28(20)32/h3-15H,17H2,1-2H3,(H,34,36)/b22-14-. The van der Waals surface area contributed by atoms with Crippen LogP contribution in [0.3, 0.4) is 0 Å². The number of aryl methyl sites for hydroxylation is 1. The highest BCUT2D eigenvalue weighted by molar-refractivity contribution is 6.35. The molecular formula is C29H22Cl3N3O2. The van der Waals surface area contributed by atoms with Crippen LogP contribution in [0, 0.1) is 25.2 Å². The monoisotopic (exact) mass is 549 g/mol. The Morgan fingerprint density at radius 1 is 0.973 bits per heavy atom. The third-order valence-corrected chi connectivity index (χ3v) is 6.58. The van der Waals surface area contributed by atoms with E-state index < -0.39 is 5.91 Å². The van der Waals surface area contributed by atoms with Gasteiger partial charge < -0.3 is 14.6 Å². The number of rotatable bonds is 7. The van der Waals surface area contributed by atoms with Crippen molar-refractivity contribution in [2.24, 2.45) is 0 Å². The van der Waals surface area contributed by atoms with E-state index in [-0.39, 0.29) is 5.57 Å². The van der Waals surface area contributed by atoms with E-state index in [1.165, 1.54) is 0 Å². The number of carbonyl (C=O) groups excluding carboxylic acids is 1. The molecule has 0 saturated heterocycles. The fraction of sp³-hybridized carbons (Fsp3) is 0.103. The van der Waals surface area contributed by atoms with Gasteiger partial charge in [0.05, 0.1) is 0 Å². The molecule has 1 amide bonds. The van der Waals surface area contributed by atoms with Crippen LogP contribution in [0.15, 0.2) is 78.4 Å².